The van der Waals surface area contributed by atoms with E-state index in [2.05, 4.69) is 5.32 Å². The van der Waals surface area contributed by atoms with Crippen LogP contribution in [0, 0.1) is 6.92 Å². The molecule has 1 aliphatic carbocycles. The van der Waals surface area contributed by atoms with E-state index in [1.54, 1.807) is 0 Å². The van der Waals surface area contributed by atoms with Crippen molar-refractivity contribution in [2.24, 2.45) is 0 Å². The van der Waals surface area contributed by atoms with Crippen LogP contribution >= 0.6 is 34.8 Å². The molecule has 2 amide bonds. The Bertz CT molecular complexity index is 1530. The van der Waals surface area contributed by atoms with Crippen molar-refractivity contribution < 1.29 is 18.0 Å². The SMILES string of the molecule is Cc1cccc(CN(C(=O)CN(c2cc(Cl)c(Cl)cc2Cl)S(C)(=O)=O)[C@@H](Cc2ccccc2)C(=O)NC2CCCC2)c1. The van der Waals surface area contributed by atoms with Crippen molar-refractivity contribution >= 4 is 62.3 Å². The monoisotopic (exact) mass is 649 g/mol. The summed E-state index contributed by atoms with van der Waals surface area (Å²) in [5.41, 5.74) is 2.70. The lowest BCUT2D eigenvalue weighted by Gasteiger charge is -2.34. The summed E-state index contributed by atoms with van der Waals surface area (Å²) in [4.78, 5) is 29.6. The second-order valence-electron chi connectivity index (χ2n) is 10.7. The van der Waals surface area contributed by atoms with E-state index >= 15 is 0 Å². The maximum Gasteiger partial charge on any atom is 0.244 e. The molecule has 11 heteroatoms. The first-order chi connectivity index (χ1) is 19.9. The predicted octanol–water partition coefficient (Wildman–Crippen LogP) is 6.42. The Morgan fingerprint density at radius 3 is 2.19 bits per heavy atom. The first-order valence-electron chi connectivity index (χ1n) is 13.7. The van der Waals surface area contributed by atoms with Gasteiger partial charge in [-0.3, -0.25) is 13.9 Å². The molecule has 0 heterocycles. The van der Waals surface area contributed by atoms with E-state index < -0.39 is 28.5 Å². The molecular weight excluding hydrogens is 617 g/mol. The van der Waals surface area contributed by atoms with Crippen molar-refractivity contribution in [2.45, 2.75) is 57.7 Å². The number of nitrogens with zero attached hydrogens (tertiary/aromatic N) is 2. The van der Waals surface area contributed by atoms with Gasteiger partial charge in [0.05, 0.1) is 27.0 Å². The van der Waals surface area contributed by atoms with Gasteiger partial charge in [0, 0.05) is 19.0 Å². The highest BCUT2D eigenvalue weighted by Crippen LogP contribution is 2.35. The maximum atomic E-state index is 14.2. The number of carbonyl (C=O) groups is 2. The van der Waals surface area contributed by atoms with E-state index in [4.69, 9.17) is 34.8 Å². The van der Waals surface area contributed by atoms with E-state index in [-0.39, 0.29) is 45.7 Å². The minimum atomic E-state index is -4.00. The maximum absolute atomic E-state index is 14.2. The summed E-state index contributed by atoms with van der Waals surface area (Å²) in [5, 5.41) is 3.41. The van der Waals surface area contributed by atoms with Gasteiger partial charge in [-0.25, -0.2) is 8.42 Å². The fraction of sp³-hybridized carbons (Fsp3) is 0.355. The van der Waals surface area contributed by atoms with Crippen LogP contribution in [0.3, 0.4) is 0 Å². The van der Waals surface area contributed by atoms with Gasteiger partial charge in [-0.2, -0.15) is 0 Å². The zero-order chi connectivity index (χ0) is 30.4. The lowest BCUT2D eigenvalue weighted by Crippen LogP contribution is -2.54. The van der Waals surface area contributed by atoms with Crippen molar-refractivity contribution in [3.8, 4) is 0 Å². The third kappa shape index (κ3) is 8.40. The predicted molar refractivity (Wildman–Crippen MR) is 170 cm³/mol. The van der Waals surface area contributed by atoms with E-state index in [1.807, 2.05) is 61.5 Å². The molecular formula is C31H34Cl3N3O4S. The zero-order valence-electron chi connectivity index (χ0n) is 23.5. The van der Waals surface area contributed by atoms with Gasteiger partial charge in [0.15, 0.2) is 0 Å². The number of aryl methyl sites for hydroxylation is 1. The molecule has 1 saturated carbocycles. The molecule has 1 N–H and O–H groups in total. The molecule has 1 fully saturated rings. The van der Waals surface area contributed by atoms with E-state index in [9.17, 15) is 18.0 Å². The first-order valence-corrected chi connectivity index (χ1v) is 16.7. The Kier molecular flexibility index (Phi) is 10.8. The van der Waals surface area contributed by atoms with Crippen molar-refractivity contribution in [2.75, 3.05) is 17.1 Å². The fourth-order valence-corrected chi connectivity index (χ4v) is 6.77. The number of anilines is 1. The highest BCUT2D eigenvalue weighted by Gasteiger charge is 2.34. The van der Waals surface area contributed by atoms with Crippen LogP contribution in [-0.2, 0) is 32.6 Å². The Balaban J connectivity index is 1.75. The number of carbonyl (C=O) groups excluding carboxylic acids is 2. The molecule has 0 radical (unpaired) electrons. The number of nitrogens with one attached hydrogen (secondary N) is 1. The van der Waals surface area contributed by atoms with Crippen LogP contribution < -0.4 is 9.62 Å². The number of amides is 2. The van der Waals surface area contributed by atoms with Crippen molar-refractivity contribution in [3.05, 3.63) is 98.5 Å². The lowest BCUT2D eigenvalue weighted by atomic mass is 10.0. The van der Waals surface area contributed by atoms with Crippen LogP contribution in [-0.4, -0.2) is 50.0 Å². The van der Waals surface area contributed by atoms with Crippen LogP contribution in [0.1, 0.15) is 42.4 Å². The largest absolute Gasteiger partial charge is 0.352 e. The third-order valence-corrected chi connectivity index (χ3v) is 9.50. The van der Waals surface area contributed by atoms with Crippen LogP contribution in [0.2, 0.25) is 15.1 Å². The Morgan fingerprint density at radius 2 is 1.55 bits per heavy atom. The van der Waals surface area contributed by atoms with Gasteiger partial charge in [0.25, 0.3) is 0 Å². The van der Waals surface area contributed by atoms with Gasteiger partial charge >= 0.3 is 0 Å². The van der Waals surface area contributed by atoms with E-state index in [0.717, 1.165) is 52.9 Å². The molecule has 7 nitrogen and oxygen atoms in total. The lowest BCUT2D eigenvalue weighted by molar-refractivity contribution is -0.140. The summed E-state index contributed by atoms with van der Waals surface area (Å²) < 4.78 is 26.9. The number of benzene rings is 3. The quantitative estimate of drug-likeness (QED) is 0.243. The average Bonchev–Trinajstić information content (AvgIpc) is 3.44. The average molecular weight is 651 g/mol. The van der Waals surface area contributed by atoms with Crippen LogP contribution in [0.15, 0.2) is 66.7 Å². The topological polar surface area (TPSA) is 86.8 Å². The van der Waals surface area contributed by atoms with Gasteiger partial charge in [-0.1, -0.05) is 108 Å². The molecule has 1 aliphatic rings. The molecule has 0 aliphatic heterocycles. The van der Waals surface area contributed by atoms with Crippen LogP contribution in [0.25, 0.3) is 0 Å². The molecule has 0 saturated heterocycles. The summed E-state index contributed by atoms with van der Waals surface area (Å²) in [6, 6.07) is 18.9. The minimum absolute atomic E-state index is 0.0208. The summed E-state index contributed by atoms with van der Waals surface area (Å²) in [6.45, 7) is 1.45. The molecule has 1 atom stereocenters. The van der Waals surface area contributed by atoms with Gasteiger partial charge in [0.2, 0.25) is 21.8 Å². The number of rotatable bonds is 11. The third-order valence-electron chi connectivity index (χ3n) is 7.35. The number of halogens is 3. The Hall–Kier alpha value is -2.78. The fourth-order valence-electron chi connectivity index (χ4n) is 5.23. The van der Waals surface area contributed by atoms with Gasteiger partial charge in [-0.05, 0) is 43.0 Å². The smallest absolute Gasteiger partial charge is 0.244 e. The van der Waals surface area contributed by atoms with Crippen LogP contribution in [0.4, 0.5) is 5.69 Å². The van der Waals surface area contributed by atoms with Crippen molar-refractivity contribution in [3.63, 3.8) is 0 Å². The minimum Gasteiger partial charge on any atom is -0.352 e. The zero-order valence-corrected chi connectivity index (χ0v) is 26.6. The molecule has 224 valence electrons. The summed E-state index contributed by atoms with van der Waals surface area (Å²) >= 11 is 18.7. The van der Waals surface area contributed by atoms with Gasteiger partial charge in [0.1, 0.15) is 12.6 Å². The number of hydrogen-bond donors (Lipinski definition) is 1. The normalized spacial score (nSPS) is 14.4. The summed E-state index contributed by atoms with van der Waals surface area (Å²) in [5.74, 6) is -0.836. The molecule has 0 spiro atoms. The highest BCUT2D eigenvalue weighted by atomic mass is 35.5. The molecule has 4 rings (SSSR count). The van der Waals surface area contributed by atoms with Crippen molar-refractivity contribution in [1.29, 1.82) is 0 Å². The second kappa shape index (κ2) is 14.1. The highest BCUT2D eigenvalue weighted by molar-refractivity contribution is 7.92. The summed E-state index contributed by atoms with van der Waals surface area (Å²) in [6.07, 6.45) is 5.07. The molecule has 42 heavy (non-hydrogen) atoms. The number of hydrogen-bond acceptors (Lipinski definition) is 4. The molecule has 3 aromatic carbocycles. The standard InChI is InChI=1S/C31H34Cl3N3O4S/c1-21-9-8-12-23(15-21)19-36(29(16-22-10-4-3-5-11-22)31(39)35-24-13-6-7-14-24)30(38)20-37(42(2,40)41)28-18-26(33)25(32)17-27(28)34/h3-5,8-12,15,17-18,24,29H,6-7,13-14,16,19-20H2,1-2H3,(H,35,39)/t29-/m0/s1. The molecule has 0 unspecified atom stereocenters. The van der Waals surface area contributed by atoms with Crippen LogP contribution in [0.5, 0.6) is 0 Å². The second-order valence-corrected chi connectivity index (χ2v) is 13.8. The first kappa shape index (κ1) is 32.1. The van der Waals surface area contributed by atoms with E-state index in [1.165, 1.54) is 17.0 Å². The molecule has 0 bridgehead atoms. The molecule has 3 aromatic rings. The van der Waals surface area contributed by atoms with Gasteiger partial charge in [-0.15, -0.1) is 0 Å². The summed E-state index contributed by atoms with van der Waals surface area (Å²) in [7, 11) is -4.00. The van der Waals surface area contributed by atoms with Crippen molar-refractivity contribution in [1.82, 2.24) is 10.2 Å². The Labute approximate surface area is 262 Å². The van der Waals surface area contributed by atoms with E-state index in [0.29, 0.717) is 0 Å². The number of sulfonamides is 1. The Morgan fingerprint density at radius 1 is 0.905 bits per heavy atom. The molecule has 0 aromatic heterocycles. The van der Waals surface area contributed by atoms with Gasteiger partial charge < -0.3 is 10.2 Å².